The molecule has 0 radical (unpaired) electrons. The van der Waals surface area contributed by atoms with Gasteiger partial charge >= 0.3 is 0 Å². The third-order valence-electron chi connectivity index (χ3n) is 2.84. The largest absolute Gasteiger partial charge is 0.267 e. The van der Waals surface area contributed by atoms with Crippen molar-refractivity contribution in [3.63, 3.8) is 0 Å². The molecule has 1 aliphatic rings. The first-order valence-corrected chi connectivity index (χ1v) is 5.21. The third-order valence-corrected chi connectivity index (χ3v) is 3.21. The molecular formula is C10H12ClN3. The number of hydrogen-bond donors (Lipinski definition) is 0. The number of hydrogen-bond acceptors (Lipinski definition) is 2. The summed E-state index contributed by atoms with van der Waals surface area (Å²) < 4.78 is 1.86. The summed E-state index contributed by atoms with van der Waals surface area (Å²) in [6.07, 6.45) is 4.96. The SMILES string of the molecule is Cc1nn(C2CCCC2C#N)cc1Cl. The molecule has 1 aromatic heterocycles. The fourth-order valence-corrected chi connectivity index (χ4v) is 2.17. The van der Waals surface area contributed by atoms with Crippen LogP contribution in [0.15, 0.2) is 6.20 Å². The molecule has 0 N–H and O–H groups in total. The molecule has 0 spiro atoms. The van der Waals surface area contributed by atoms with E-state index in [4.69, 9.17) is 16.9 Å². The fourth-order valence-electron chi connectivity index (χ4n) is 2.04. The molecule has 2 unspecified atom stereocenters. The number of nitrogens with zero attached hydrogens (tertiary/aromatic N) is 3. The third kappa shape index (κ3) is 1.51. The second kappa shape index (κ2) is 3.62. The van der Waals surface area contributed by atoms with Gasteiger partial charge in [0.15, 0.2) is 0 Å². The Morgan fingerprint density at radius 3 is 3.00 bits per heavy atom. The van der Waals surface area contributed by atoms with Gasteiger partial charge in [0.05, 0.1) is 28.7 Å². The Labute approximate surface area is 88.3 Å². The monoisotopic (exact) mass is 209 g/mol. The van der Waals surface area contributed by atoms with Crippen LogP contribution in [0.25, 0.3) is 0 Å². The van der Waals surface area contributed by atoms with Gasteiger partial charge in [0.2, 0.25) is 0 Å². The molecule has 0 aliphatic heterocycles. The van der Waals surface area contributed by atoms with Crippen LogP contribution in [0.3, 0.4) is 0 Å². The Bertz CT molecular complexity index is 358. The molecule has 0 saturated heterocycles. The van der Waals surface area contributed by atoms with Crippen LogP contribution in [0.2, 0.25) is 5.02 Å². The zero-order valence-corrected chi connectivity index (χ0v) is 8.83. The van der Waals surface area contributed by atoms with Gasteiger partial charge in [-0.2, -0.15) is 10.4 Å². The van der Waals surface area contributed by atoms with Crippen molar-refractivity contribution in [1.29, 1.82) is 5.26 Å². The summed E-state index contributed by atoms with van der Waals surface area (Å²) in [5.41, 5.74) is 0.843. The number of nitriles is 1. The van der Waals surface area contributed by atoms with Crippen LogP contribution in [0.4, 0.5) is 0 Å². The highest BCUT2D eigenvalue weighted by molar-refractivity contribution is 6.31. The highest BCUT2D eigenvalue weighted by Crippen LogP contribution is 2.35. The van der Waals surface area contributed by atoms with Crippen molar-refractivity contribution >= 4 is 11.6 Å². The van der Waals surface area contributed by atoms with Crippen LogP contribution in [0.5, 0.6) is 0 Å². The highest BCUT2D eigenvalue weighted by Gasteiger charge is 2.29. The van der Waals surface area contributed by atoms with Gasteiger partial charge in [-0.1, -0.05) is 11.6 Å². The lowest BCUT2D eigenvalue weighted by molar-refractivity contribution is 0.408. The molecule has 1 aliphatic carbocycles. The minimum atomic E-state index is 0.102. The Kier molecular flexibility index (Phi) is 2.47. The van der Waals surface area contributed by atoms with Crippen molar-refractivity contribution < 1.29 is 0 Å². The quantitative estimate of drug-likeness (QED) is 0.714. The minimum absolute atomic E-state index is 0.102. The van der Waals surface area contributed by atoms with Crippen molar-refractivity contribution in [3.8, 4) is 6.07 Å². The van der Waals surface area contributed by atoms with Crippen LogP contribution >= 0.6 is 11.6 Å². The lowest BCUT2D eigenvalue weighted by Gasteiger charge is -2.13. The van der Waals surface area contributed by atoms with Gasteiger partial charge in [-0.05, 0) is 26.2 Å². The first-order chi connectivity index (χ1) is 6.72. The first kappa shape index (κ1) is 9.54. The first-order valence-electron chi connectivity index (χ1n) is 4.83. The van der Waals surface area contributed by atoms with Gasteiger partial charge < -0.3 is 0 Å². The summed E-state index contributed by atoms with van der Waals surface area (Å²) >= 11 is 5.93. The summed E-state index contributed by atoms with van der Waals surface area (Å²) in [6.45, 7) is 1.88. The molecule has 0 aromatic carbocycles. The molecule has 1 aromatic rings. The predicted octanol–water partition coefficient (Wildman–Crippen LogP) is 2.71. The molecule has 3 nitrogen and oxygen atoms in total. The Morgan fingerprint density at radius 2 is 2.43 bits per heavy atom. The predicted molar refractivity (Wildman–Crippen MR) is 54.0 cm³/mol. The molecule has 74 valence electrons. The van der Waals surface area contributed by atoms with Crippen LogP contribution in [0.1, 0.15) is 31.0 Å². The Hall–Kier alpha value is -1.01. The van der Waals surface area contributed by atoms with Crippen molar-refractivity contribution in [3.05, 3.63) is 16.9 Å². The average molecular weight is 210 g/mol. The normalized spacial score (nSPS) is 26.4. The van der Waals surface area contributed by atoms with E-state index >= 15 is 0 Å². The van der Waals surface area contributed by atoms with Crippen LogP contribution in [-0.2, 0) is 0 Å². The van der Waals surface area contributed by atoms with E-state index in [1.165, 1.54) is 0 Å². The Morgan fingerprint density at radius 1 is 1.64 bits per heavy atom. The topological polar surface area (TPSA) is 41.6 Å². The fraction of sp³-hybridized carbons (Fsp3) is 0.600. The molecular weight excluding hydrogens is 198 g/mol. The van der Waals surface area contributed by atoms with E-state index in [-0.39, 0.29) is 12.0 Å². The maximum absolute atomic E-state index is 8.95. The second-order valence-electron chi connectivity index (χ2n) is 3.78. The molecule has 0 amide bonds. The molecule has 2 atom stereocenters. The van der Waals surface area contributed by atoms with E-state index < -0.39 is 0 Å². The summed E-state index contributed by atoms with van der Waals surface area (Å²) in [4.78, 5) is 0. The summed E-state index contributed by atoms with van der Waals surface area (Å²) in [7, 11) is 0. The zero-order chi connectivity index (χ0) is 10.1. The van der Waals surface area contributed by atoms with Gasteiger partial charge in [-0.15, -0.1) is 0 Å². The van der Waals surface area contributed by atoms with E-state index in [0.29, 0.717) is 5.02 Å². The van der Waals surface area contributed by atoms with Gasteiger partial charge in [0.1, 0.15) is 0 Å². The summed E-state index contributed by atoms with van der Waals surface area (Å²) in [5, 5.41) is 14.0. The van der Waals surface area contributed by atoms with Crippen molar-refractivity contribution in [1.82, 2.24) is 9.78 Å². The van der Waals surface area contributed by atoms with Gasteiger partial charge in [0, 0.05) is 6.20 Å². The van der Waals surface area contributed by atoms with Gasteiger partial charge in [-0.3, -0.25) is 4.68 Å². The summed E-state index contributed by atoms with van der Waals surface area (Å²) in [5.74, 6) is 0.102. The van der Waals surface area contributed by atoms with Crippen LogP contribution < -0.4 is 0 Å². The Balaban J connectivity index is 2.27. The number of aromatic nitrogens is 2. The maximum Gasteiger partial charge on any atom is 0.0815 e. The molecule has 1 fully saturated rings. The lowest BCUT2D eigenvalue weighted by atomic mass is 10.1. The van der Waals surface area contributed by atoms with Gasteiger partial charge in [-0.25, -0.2) is 0 Å². The van der Waals surface area contributed by atoms with Gasteiger partial charge in [0.25, 0.3) is 0 Å². The minimum Gasteiger partial charge on any atom is -0.267 e. The van der Waals surface area contributed by atoms with Crippen molar-refractivity contribution in [2.45, 2.75) is 32.2 Å². The zero-order valence-electron chi connectivity index (χ0n) is 8.07. The molecule has 2 rings (SSSR count). The van der Waals surface area contributed by atoms with E-state index in [1.807, 2.05) is 17.8 Å². The molecule has 1 heterocycles. The van der Waals surface area contributed by atoms with Crippen LogP contribution in [0, 0.1) is 24.2 Å². The maximum atomic E-state index is 8.95. The smallest absolute Gasteiger partial charge is 0.0815 e. The van der Waals surface area contributed by atoms with E-state index in [0.717, 1.165) is 25.0 Å². The van der Waals surface area contributed by atoms with Crippen LogP contribution in [-0.4, -0.2) is 9.78 Å². The highest BCUT2D eigenvalue weighted by atomic mass is 35.5. The van der Waals surface area contributed by atoms with E-state index in [9.17, 15) is 0 Å². The lowest BCUT2D eigenvalue weighted by Crippen LogP contribution is -2.13. The molecule has 4 heteroatoms. The van der Waals surface area contributed by atoms with Crippen molar-refractivity contribution in [2.24, 2.45) is 5.92 Å². The standard InChI is InChI=1S/C10H12ClN3/c1-7-9(11)6-14(13-7)10-4-2-3-8(10)5-12/h6,8,10H,2-4H2,1H3. The number of aryl methyl sites for hydroxylation is 1. The average Bonchev–Trinajstić information content (AvgIpc) is 2.73. The molecule has 1 saturated carbocycles. The second-order valence-corrected chi connectivity index (χ2v) is 4.18. The van der Waals surface area contributed by atoms with E-state index in [1.54, 1.807) is 0 Å². The molecule has 14 heavy (non-hydrogen) atoms. The summed E-state index contributed by atoms with van der Waals surface area (Å²) in [6, 6.07) is 2.57. The molecule has 0 bridgehead atoms. The number of halogens is 1. The van der Waals surface area contributed by atoms with Crippen molar-refractivity contribution in [2.75, 3.05) is 0 Å². The number of rotatable bonds is 1. The van der Waals surface area contributed by atoms with E-state index in [2.05, 4.69) is 11.2 Å².